The third kappa shape index (κ3) is 4.09. The molecule has 0 aromatic heterocycles. The van der Waals surface area contributed by atoms with Gasteiger partial charge in [-0.25, -0.2) is 0 Å². The van der Waals surface area contributed by atoms with Gasteiger partial charge >= 0.3 is 0 Å². The van der Waals surface area contributed by atoms with E-state index in [1.807, 2.05) is 19.9 Å². The molecule has 5 heteroatoms. The molecular weight excluding hydrogens is 254 g/mol. The van der Waals surface area contributed by atoms with Crippen LogP contribution in [0, 0.1) is 11.3 Å². The summed E-state index contributed by atoms with van der Waals surface area (Å²) in [5, 5.41) is 11.9. The van der Waals surface area contributed by atoms with Gasteiger partial charge in [0, 0.05) is 13.0 Å². The van der Waals surface area contributed by atoms with Crippen molar-refractivity contribution in [2.45, 2.75) is 33.2 Å². The lowest BCUT2D eigenvalue weighted by atomic mass is 10.1. The summed E-state index contributed by atoms with van der Waals surface area (Å²) >= 11 is 0. The second kappa shape index (κ2) is 7.29. The second-order valence-electron chi connectivity index (χ2n) is 4.61. The third-order valence-electron chi connectivity index (χ3n) is 3.02. The highest BCUT2D eigenvalue weighted by Gasteiger charge is 2.19. The van der Waals surface area contributed by atoms with Crippen molar-refractivity contribution in [3.05, 3.63) is 29.8 Å². The van der Waals surface area contributed by atoms with Gasteiger partial charge in [0.2, 0.25) is 11.8 Å². The molecule has 0 aliphatic carbocycles. The monoisotopic (exact) mass is 273 g/mol. The Kier molecular flexibility index (Phi) is 5.73. The van der Waals surface area contributed by atoms with Gasteiger partial charge in [0.1, 0.15) is 12.6 Å². The minimum absolute atomic E-state index is 0.0579. The molecule has 0 fully saturated rings. The van der Waals surface area contributed by atoms with E-state index in [4.69, 9.17) is 5.26 Å². The molecule has 1 aromatic rings. The lowest BCUT2D eigenvalue weighted by Crippen LogP contribution is -2.43. The normalized spacial score (nSPS) is 11.3. The fourth-order valence-corrected chi connectivity index (χ4v) is 1.74. The molecule has 0 aliphatic rings. The molecule has 0 saturated carbocycles. The number of benzene rings is 1. The predicted octanol–water partition coefficient (Wildman–Crippen LogP) is 1.83. The Morgan fingerprint density at radius 3 is 2.60 bits per heavy atom. The number of hydrogen-bond acceptors (Lipinski definition) is 3. The first-order valence-electron chi connectivity index (χ1n) is 6.56. The minimum atomic E-state index is -0.271. The van der Waals surface area contributed by atoms with E-state index < -0.39 is 0 Å². The molecule has 0 spiro atoms. The van der Waals surface area contributed by atoms with E-state index in [0.717, 1.165) is 6.42 Å². The fourth-order valence-electron chi connectivity index (χ4n) is 1.74. The Morgan fingerprint density at radius 1 is 1.40 bits per heavy atom. The van der Waals surface area contributed by atoms with E-state index >= 15 is 0 Å². The number of nitrogens with zero attached hydrogens (tertiary/aromatic N) is 2. The van der Waals surface area contributed by atoms with E-state index in [1.54, 1.807) is 24.3 Å². The number of nitriles is 1. The highest BCUT2D eigenvalue weighted by Crippen LogP contribution is 2.19. The molecule has 1 N–H and O–H groups in total. The Bertz CT molecular complexity index is 534. The average molecular weight is 273 g/mol. The highest BCUT2D eigenvalue weighted by molar-refractivity contribution is 5.98. The number of amides is 2. The zero-order valence-corrected chi connectivity index (χ0v) is 12.0. The average Bonchev–Trinajstić information content (AvgIpc) is 2.44. The van der Waals surface area contributed by atoms with Crippen molar-refractivity contribution >= 4 is 17.5 Å². The summed E-state index contributed by atoms with van der Waals surface area (Å²) in [6.45, 7) is 5.17. The van der Waals surface area contributed by atoms with Gasteiger partial charge in [-0.3, -0.25) is 9.59 Å². The number of carbonyl (C=O) groups is 2. The number of hydrogen-bond donors (Lipinski definition) is 1. The summed E-state index contributed by atoms with van der Waals surface area (Å²) in [6.07, 6.45) is 0.820. The number of rotatable bonds is 5. The van der Waals surface area contributed by atoms with E-state index in [0.29, 0.717) is 11.3 Å². The first-order valence-corrected chi connectivity index (χ1v) is 6.56. The van der Waals surface area contributed by atoms with E-state index in [2.05, 4.69) is 5.32 Å². The maximum absolute atomic E-state index is 11.9. The van der Waals surface area contributed by atoms with Crippen LogP contribution in [-0.2, 0) is 9.59 Å². The largest absolute Gasteiger partial charge is 0.352 e. The smallest absolute Gasteiger partial charge is 0.240 e. The Hall–Kier alpha value is -2.35. The third-order valence-corrected chi connectivity index (χ3v) is 3.02. The van der Waals surface area contributed by atoms with Crippen molar-refractivity contribution in [1.29, 1.82) is 5.26 Å². The highest BCUT2D eigenvalue weighted by atomic mass is 16.2. The van der Waals surface area contributed by atoms with Crippen molar-refractivity contribution < 1.29 is 9.59 Å². The van der Waals surface area contributed by atoms with Crippen molar-refractivity contribution in [2.24, 2.45) is 0 Å². The van der Waals surface area contributed by atoms with E-state index in [1.165, 1.54) is 11.8 Å². The van der Waals surface area contributed by atoms with E-state index in [9.17, 15) is 9.59 Å². The quantitative estimate of drug-likeness (QED) is 0.889. The number of para-hydroxylation sites is 1. The molecule has 5 nitrogen and oxygen atoms in total. The number of carbonyl (C=O) groups excluding carboxylic acids is 2. The lowest BCUT2D eigenvalue weighted by Gasteiger charge is -2.22. The summed E-state index contributed by atoms with van der Waals surface area (Å²) in [6, 6.07) is 8.83. The molecule has 1 rings (SSSR count). The van der Waals surface area contributed by atoms with Crippen LogP contribution >= 0.6 is 0 Å². The van der Waals surface area contributed by atoms with Gasteiger partial charge in [-0.15, -0.1) is 0 Å². The predicted molar refractivity (Wildman–Crippen MR) is 77.1 cm³/mol. The van der Waals surface area contributed by atoms with Crippen molar-refractivity contribution in [2.75, 3.05) is 11.4 Å². The fraction of sp³-hybridized carbons (Fsp3) is 0.400. The molecule has 2 amide bonds. The van der Waals surface area contributed by atoms with Crippen LogP contribution in [-0.4, -0.2) is 24.4 Å². The Labute approximate surface area is 119 Å². The standard InChI is InChI=1S/C15H19N3O2/c1-4-11(2)17-15(20)10-18(12(3)19)14-8-6-5-7-13(14)9-16/h5-8,11H,4,10H2,1-3H3,(H,17,20). The summed E-state index contributed by atoms with van der Waals surface area (Å²) in [5.74, 6) is -0.505. The molecule has 0 bridgehead atoms. The van der Waals surface area contributed by atoms with Crippen LogP contribution in [0.2, 0.25) is 0 Å². The van der Waals surface area contributed by atoms with Gasteiger partial charge in [-0.1, -0.05) is 19.1 Å². The van der Waals surface area contributed by atoms with Crippen LogP contribution in [0.25, 0.3) is 0 Å². The molecule has 20 heavy (non-hydrogen) atoms. The molecule has 0 radical (unpaired) electrons. The number of nitrogens with one attached hydrogen (secondary N) is 1. The molecule has 0 heterocycles. The Balaban J connectivity index is 2.93. The van der Waals surface area contributed by atoms with Crippen LogP contribution in [0.4, 0.5) is 5.69 Å². The summed E-state index contributed by atoms with van der Waals surface area (Å²) in [4.78, 5) is 25.0. The minimum Gasteiger partial charge on any atom is -0.352 e. The maximum atomic E-state index is 11.9. The molecule has 1 aromatic carbocycles. The van der Waals surface area contributed by atoms with Gasteiger partial charge in [-0.2, -0.15) is 5.26 Å². The van der Waals surface area contributed by atoms with Gasteiger partial charge < -0.3 is 10.2 Å². The van der Waals surface area contributed by atoms with Crippen LogP contribution in [0.1, 0.15) is 32.8 Å². The van der Waals surface area contributed by atoms with Crippen LogP contribution in [0.3, 0.4) is 0 Å². The molecule has 0 aliphatic heterocycles. The summed E-state index contributed by atoms with van der Waals surface area (Å²) < 4.78 is 0. The van der Waals surface area contributed by atoms with Crippen molar-refractivity contribution in [1.82, 2.24) is 5.32 Å². The summed E-state index contributed by atoms with van der Waals surface area (Å²) in [5.41, 5.74) is 0.834. The summed E-state index contributed by atoms with van der Waals surface area (Å²) in [7, 11) is 0. The first-order chi connectivity index (χ1) is 9.49. The molecule has 106 valence electrons. The second-order valence-corrected chi connectivity index (χ2v) is 4.61. The van der Waals surface area contributed by atoms with Crippen molar-refractivity contribution in [3.8, 4) is 6.07 Å². The van der Waals surface area contributed by atoms with Gasteiger partial charge in [-0.05, 0) is 25.5 Å². The Morgan fingerprint density at radius 2 is 2.05 bits per heavy atom. The molecule has 1 atom stereocenters. The van der Waals surface area contributed by atoms with E-state index in [-0.39, 0.29) is 24.4 Å². The van der Waals surface area contributed by atoms with Gasteiger partial charge in [0.15, 0.2) is 0 Å². The first kappa shape index (κ1) is 15.7. The van der Waals surface area contributed by atoms with Crippen LogP contribution in [0.5, 0.6) is 0 Å². The zero-order chi connectivity index (χ0) is 15.1. The van der Waals surface area contributed by atoms with Crippen LogP contribution in [0.15, 0.2) is 24.3 Å². The number of anilines is 1. The maximum Gasteiger partial charge on any atom is 0.240 e. The molecular formula is C15H19N3O2. The zero-order valence-electron chi connectivity index (χ0n) is 12.0. The van der Waals surface area contributed by atoms with Gasteiger partial charge in [0.25, 0.3) is 0 Å². The van der Waals surface area contributed by atoms with Gasteiger partial charge in [0.05, 0.1) is 11.3 Å². The SMILES string of the molecule is CCC(C)NC(=O)CN(C(C)=O)c1ccccc1C#N. The lowest BCUT2D eigenvalue weighted by molar-refractivity contribution is -0.123. The molecule has 0 saturated heterocycles. The molecule has 1 unspecified atom stereocenters. The van der Waals surface area contributed by atoms with Crippen molar-refractivity contribution in [3.63, 3.8) is 0 Å². The topological polar surface area (TPSA) is 73.2 Å². The van der Waals surface area contributed by atoms with Crippen LogP contribution < -0.4 is 10.2 Å².